The predicted octanol–water partition coefficient (Wildman–Crippen LogP) is 4.62. The van der Waals surface area contributed by atoms with Gasteiger partial charge in [0.2, 0.25) is 11.8 Å². The Balaban J connectivity index is 1.70. The Morgan fingerprint density at radius 2 is 1.83 bits per heavy atom. The SMILES string of the molecule is COc1nc(N)ncc1-c1cc2c(n1C(C)C)C(c1ccc(Cl)cc1)N(C1CCC(O)CC1)C2=O. The number of ether oxygens (including phenoxy) is 1. The molecule has 0 spiro atoms. The van der Waals surface area contributed by atoms with Gasteiger partial charge in [0.15, 0.2) is 0 Å². The van der Waals surface area contributed by atoms with Crippen molar-refractivity contribution in [3.63, 3.8) is 0 Å². The van der Waals surface area contributed by atoms with Crippen LogP contribution in [0.25, 0.3) is 11.3 Å². The molecule has 0 bridgehead atoms. The van der Waals surface area contributed by atoms with E-state index in [0.717, 1.165) is 29.8 Å². The summed E-state index contributed by atoms with van der Waals surface area (Å²) < 4.78 is 7.70. The Morgan fingerprint density at radius 3 is 2.46 bits per heavy atom. The van der Waals surface area contributed by atoms with Gasteiger partial charge in [0.1, 0.15) is 0 Å². The number of nitrogens with zero attached hydrogens (tertiary/aromatic N) is 4. The lowest BCUT2D eigenvalue weighted by Crippen LogP contribution is -2.42. The molecule has 1 aliphatic heterocycles. The minimum atomic E-state index is -0.297. The zero-order chi connectivity index (χ0) is 24.9. The highest BCUT2D eigenvalue weighted by atomic mass is 35.5. The number of nitrogen functional groups attached to an aromatic ring is 1. The summed E-state index contributed by atoms with van der Waals surface area (Å²) in [5.74, 6) is 0.489. The summed E-state index contributed by atoms with van der Waals surface area (Å²) in [6.45, 7) is 4.19. The van der Waals surface area contributed by atoms with Gasteiger partial charge in [-0.25, -0.2) is 4.98 Å². The third kappa shape index (κ3) is 4.04. The number of aliphatic hydroxyl groups is 1. The summed E-state index contributed by atoms with van der Waals surface area (Å²) >= 11 is 6.21. The van der Waals surface area contributed by atoms with Gasteiger partial charge in [-0.05, 0) is 63.3 Å². The van der Waals surface area contributed by atoms with Crippen LogP contribution in [0.15, 0.2) is 36.5 Å². The zero-order valence-electron chi connectivity index (χ0n) is 20.1. The van der Waals surface area contributed by atoms with Crippen LogP contribution in [0.4, 0.5) is 5.95 Å². The Bertz CT molecular complexity index is 1250. The highest BCUT2D eigenvalue weighted by molar-refractivity contribution is 6.30. The second-order valence-corrected chi connectivity index (χ2v) is 10.0. The van der Waals surface area contributed by atoms with Crippen LogP contribution in [0.3, 0.4) is 0 Å². The first-order valence-electron chi connectivity index (χ1n) is 12.0. The van der Waals surface area contributed by atoms with Crippen LogP contribution < -0.4 is 10.5 Å². The quantitative estimate of drug-likeness (QED) is 0.535. The average molecular weight is 496 g/mol. The van der Waals surface area contributed by atoms with Crippen LogP contribution >= 0.6 is 11.6 Å². The molecular formula is C26H30ClN5O3. The minimum absolute atomic E-state index is 0.00248. The maximum atomic E-state index is 14.0. The van der Waals surface area contributed by atoms with Gasteiger partial charge in [0.25, 0.3) is 5.91 Å². The molecule has 3 aromatic rings. The molecule has 5 rings (SSSR count). The van der Waals surface area contributed by atoms with Crippen LogP contribution in [-0.4, -0.2) is 49.7 Å². The number of halogens is 1. The fraction of sp³-hybridized carbons (Fsp3) is 0.423. The molecule has 9 heteroatoms. The second-order valence-electron chi connectivity index (χ2n) is 9.57. The topological polar surface area (TPSA) is 106 Å². The predicted molar refractivity (Wildman–Crippen MR) is 135 cm³/mol. The molecule has 1 unspecified atom stereocenters. The number of nitrogens with two attached hydrogens (primary N) is 1. The molecule has 35 heavy (non-hydrogen) atoms. The molecule has 0 radical (unpaired) electrons. The first-order chi connectivity index (χ1) is 16.8. The third-order valence-corrected chi connectivity index (χ3v) is 7.33. The van der Waals surface area contributed by atoms with Crippen molar-refractivity contribution in [1.29, 1.82) is 0 Å². The Kier molecular flexibility index (Phi) is 6.19. The first kappa shape index (κ1) is 23.6. The fourth-order valence-electron chi connectivity index (χ4n) is 5.53. The lowest BCUT2D eigenvalue weighted by Gasteiger charge is -2.38. The van der Waals surface area contributed by atoms with Crippen molar-refractivity contribution < 1.29 is 14.6 Å². The van der Waals surface area contributed by atoms with Crippen molar-refractivity contribution >= 4 is 23.5 Å². The van der Waals surface area contributed by atoms with Gasteiger partial charge in [-0.1, -0.05) is 23.7 Å². The van der Waals surface area contributed by atoms with Crippen LogP contribution in [0, 0.1) is 0 Å². The third-order valence-electron chi connectivity index (χ3n) is 7.08. The van der Waals surface area contributed by atoms with Crippen LogP contribution in [-0.2, 0) is 0 Å². The van der Waals surface area contributed by atoms with Crippen molar-refractivity contribution in [1.82, 2.24) is 19.4 Å². The molecule has 1 fully saturated rings. The minimum Gasteiger partial charge on any atom is -0.480 e. The molecule has 0 saturated heterocycles. The molecule has 1 saturated carbocycles. The summed E-state index contributed by atoms with van der Waals surface area (Å²) in [6, 6.07) is 9.46. The lowest BCUT2D eigenvalue weighted by molar-refractivity contribution is 0.0458. The molecule has 1 aliphatic carbocycles. The molecular weight excluding hydrogens is 466 g/mol. The zero-order valence-corrected chi connectivity index (χ0v) is 20.9. The van der Waals surface area contributed by atoms with Crippen LogP contribution in [0.5, 0.6) is 5.88 Å². The molecule has 2 aliphatic rings. The van der Waals surface area contributed by atoms with Crippen LogP contribution in [0.2, 0.25) is 5.02 Å². The van der Waals surface area contributed by atoms with Gasteiger partial charge in [-0.2, -0.15) is 4.98 Å². The summed E-state index contributed by atoms with van der Waals surface area (Å²) in [4.78, 5) is 24.4. The van der Waals surface area contributed by atoms with E-state index in [1.54, 1.807) is 13.3 Å². The molecule has 184 valence electrons. The van der Waals surface area contributed by atoms with Crippen molar-refractivity contribution in [2.24, 2.45) is 0 Å². The van der Waals surface area contributed by atoms with Crippen LogP contribution in [0.1, 0.15) is 73.2 Å². The summed E-state index contributed by atoms with van der Waals surface area (Å²) in [7, 11) is 1.54. The van der Waals surface area contributed by atoms with Gasteiger partial charge in [-0.3, -0.25) is 4.79 Å². The maximum absolute atomic E-state index is 14.0. The molecule has 1 atom stereocenters. The van der Waals surface area contributed by atoms with Gasteiger partial charge in [-0.15, -0.1) is 0 Å². The number of carbonyl (C=O) groups excluding carboxylic acids is 1. The first-order valence-corrected chi connectivity index (χ1v) is 12.4. The highest BCUT2D eigenvalue weighted by Crippen LogP contribution is 2.47. The van der Waals surface area contributed by atoms with Gasteiger partial charge >= 0.3 is 0 Å². The number of benzene rings is 1. The number of hydrogen-bond donors (Lipinski definition) is 2. The van der Waals surface area contributed by atoms with Crippen molar-refractivity contribution in [3.8, 4) is 17.1 Å². The van der Waals surface area contributed by atoms with Gasteiger partial charge < -0.3 is 25.0 Å². The van der Waals surface area contributed by atoms with E-state index in [-0.39, 0.29) is 36.1 Å². The van der Waals surface area contributed by atoms with E-state index < -0.39 is 0 Å². The molecule has 3 N–H and O–H groups in total. The van der Waals surface area contributed by atoms with Gasteiger partial charge in [0, 0.05) is 23.3 Å². The normalized spacial score (nSPS) is 22.1. The summed E-state index contributed by atoms with van der Waals surface area (Å²) in [6.07, 6.45) is 4.29. The Morgan fingerprint density at radius 1 is 1.14 bits per heavy atom. The van der Waals surface area contributed by atoms with Crippen molar-refractivity contribution in [2.75, 3.05) is 12.8 Å². The molecule has 2 aromatic heterocycles. The number of fused-ring (bicyclic) bond motifs is 1. The van der Waals surface area contributed by atoms with E-state index in [4.69, 9.17) is 22.1 Å². The number of amides is 1. The number of carbonyl (C=O) groups is 1. The molecule has 1 aromatic carbocycles. The summed E-state index contributed by atoms with van der Waals surface area (Å²) in [5, 5.41) is 10.7. The Labute approximate surface area is 209 Å². The molecule has 3 heterocycles. The van der Waals surface area contributed by atoms with Gasteiger partial charge in [0.05, 0.1) is 41.8 Å². The Hall–Kier alpha value is -3.10. The monoisotopic (exact) mass is 495 g/mol. The molecule has 8 nitrogen and oxygen atoms in total. The van der Waals surface area contributed by atoms with E-state index in [1.165, 1.54) is 0 Å². The summed E-state index contributed by atoms with van der Waals surface area (Å²) in [5.41, 5.74) is 9.89. The maximum Gasteiger partial charge on any atom is 0.256 e. The van der Waals surface area contributed by atoms with E-state index in [0.29, 0.717) is 34.9 Å². The number of aromatic nitrogens is 3. The number of methoxy groups -OCH3 is 1. The van der Waals surface area contributed by atoms with E-state index in [9.17, 15) is 9.90 Å². The van der Waals surface area contributed by atoms with E-state index in [1.807, 2.05) is 35.2 Å². The highest BCUT2D eigenvalue weighted by Gasteiger charge is 2.46. The van der Waals surface area contributed by atoms with E-state index >= 15 is 0 Å². The van der Waals surface area contributed by atoms with E-state index in [2.05, 4.69) is 28.4 Å². The number of rotatable bonds is 5. The largest absolute Gasteiger partial charge is 0.480 e. The lowest BCUT2D eigenvalue weighted by atomic mass is 9.90. The standard InChI is InChI=1S/C26H30ClN5O3/c1-14(2)31-21(20-13-29-26(28)30-24(20)35-3)12-19-23(31)22(15-4-6-16(27)7-5-15)32(25(19)34)17-8-10-18(33)11-9-17/h4-7,12-14,17-18,22,33H,8-11H2,1-3H3,(H2,28,29,30). The average Bonchev–Trinajstić information content (AvgIpc) is 3.35. The number of hydrogen-bond acceptors (Lipinski definition) is 6. The number of aliphatic hydroxyl groups excluding tert-OH is 1. The van der Waals surface area contributed by atoms with Crippen molar-refractivity contribution in [3.05, 3.63) is 58.4 Å². The smallest absolute Gasteiger partial charge is 0.256 e. The molecule has 1 amide bonds. The number of anilines is 1. The fourth-order valence-corrected chi connectivity index (χ4v) is 5.65. The van der Waals surface area contributed by atoms with Crippen molar-refractivity contribution in [2.45, 2.75) is 63.8 Å². The second kappa shape index (κ2) is 9.17.